The number of hydrogen-bond acceptors (Lipinski definition) is 4. The van der Waals surface area contributed by atoms with Gasteiger partial charge in [-0.25, -0.2) is 9.67 Å². The van der Waals surface area contributed by atoms with Crippen LogP contribution in [0.5, 0.6) is 5.75 Å². The molecule has 0 spiro atoms. The van der Waals surface area contributed by atoms with E-state index in [1.54, 1.807) is 23.9 Å². The standard InChI is InChI=1S/C25H24N4O2/c1-16-8-11-19(12-9-16)24-27-23(25(30)26-20-6-5-7-22(15-20)31-4)28-29(24)21-13-10-17(2)18(3)14-21/h5-15H,1-4H3,(H,26,30). The van der Waals surface area contributed by atoms with E-state index >= 15 is 0 Å². The third kappa shape index (κ3) is 4.33. The Kier molecular flexibility index (Phi) is 5.54. The van der Waals surface area contributed by atoms with Gasteiger partial charge in [-0.3, -0.25) is 4.79 Å². The van der Waals surface area contributed by atoms with Crippen molar-refractivity contribution in [2.24, 2.45) is 0 Å². The smallest absolute Gasteiger partial charge is 0.295 e. The first kappa shape index (κ1) is 20.3. The van der Waals surface area contributed by atoms with E-state index in [0.29, 0.717) is 17.3 Å². The molecule has 6 nitrogen and oxygen atoms in total. The van der Waals surface area contributed by atoms with Gasteiger partial charge in [-0.2, -0.15) is 0 Å². The number of anilines is 1. The molecule has 0 aliphatic rings. The number of amides is 1. The summed E-state index contributed by atoms with van der Waals surface area (Å²) in [5.74, 6) is 0.978. The number of carbonyl (C=O) groups is 1. The van der Waals surface area contributed by atoms with Crippen molar-refractivity contribution in [1.82, 2.24) is 14.8 Å². The number of rotatable bonds is 5. The van der Waals surface area contributed by atoms with Crippen LogP contribution in [0.1, 0.15) is 27.3 Å². The van der Waals surface area contributed by atoms with Gasteiger partial charge in [-0.15, -0.1) is 5.10 Å². The van der Waals surface area contributed by atoms with Crippen molar-refractivity contribution in [2.75, 3.05) is 12.4 Å². The zero-order chi connectivity index (χ0) is 22.0. The average Bonchev–Trinajstić information content (AvgIpc) is 3.22. The summed E-state index contributed by atoms with van der Waals surface area (Å²) in [4.78, 5) is 17.5. The van der Waals surface area contributed by atoms with Crippen LogP contribution in [0.3, 0.4) is 0 Å². The van der Waals surface area contributed by atoms with Gasteiger partial charge in [0.15, 0.2) is 5.82 Å². The number of benzene rings is 3. The van der Waals surface area contributed by atoms with E-state index in [1.165, 1.54) is 5.56 Å². The zero-order valence-electron chi connectivity index (χ0n) is 18.0. The Morgan fingerprint density at radius 3 is 2.42 bits per heavy atom. The summed E-state index contributed by atoms with van der Waals surface area (Å²) in [6, 6.07) is 21.3. The second kappa shape index (κ2) is 8.44. The molecule has 31 heavy (non-hydrogen) atoms. The van der Waals surface area contributed by atoms with E-state index in [-0.39, 0.29) is 11.7 Å². The molecule has 1 N–H and O–H groups in total. The Morgan fingerprint density at radius 1 is 0.935 bits per heavy atom. The molecule has 0 saturated heterocycles. The van der Waals surface area contributed by atoms with E-state index in [2.05, 4.69) is 29.2 Å². The van der Waals surface area contributed by atoms with Crippen LogP contribution in [0.2, 0.25) is 0 Å². The lowest BCUT2D eigenvalue weighted by molar-refractivity contribution is 0.101. The lowest BCUT2D eigenvalue weighted by atomic mass is 10.1. The minimum Gasteiger partial charge on any atom is -0.497 e. The molecule has 0 saturated carbocycles. The second-order valence-electron chi connectivity index (χ2n) is 7.49. The quantitative estimate of drug-likeness (QED) is 0.494. The number of aryl methyl sites for hydroxylation is 3. The number of carbonyl (C=O) groups excluding carboxylic acids is 1. The third-order valence-electron chi connectivity index (χ3n) is 5.18. The van der Waals surface area contributed by atoms with Gasteiger partial charge in [0, 0.05) is 17.3 Å². The molecule has 0 aliphatic carbocycles. The maximum atomic E-state index is 12.9. The van der Waals surface area contributed by atoms with Crippen LogP contribution in [-0.4, -0.2) is 27.8 Å². The monoisotopic (exact) mass is 412 g/mol. The highest BCUT2D eigenvalue weighted by Gasteiger charge is 2.19. The van der Waals surface area contributed by atoms with Crippen LogP contribution in [-0.2, 0) is 0 Å². The van der Waals surface area contributed by atoms with Crippen LogP contribution in [0.4, 0.5) is 5.69 Å². The SMILES string of the molecule is COc1cccc(NC(=O)c2nc(-c3ccc(C)cc3)n(-c3ccc(C)c(C)c3)n2)c1. The van der Waals surface area contributed by atoms with E-state index in [4.69, 9.17) is 4.74 Å². The zero-order valence-corrected chi connectivity index (χ0v) is 18.0. The van der Waals surface area contributed by atoms with Gasteiger partial charge in [0.25, 0.3) is 5.91 Å². The van der Waals surface area contributed by atoms with Crippen molar-refractivity contribution in [1.29, 1.82) is 0 Å². The molecule has 1 amide bonds. The number of hydrogen-bond donors (Lipinski definition) is 1. The summed E-state index contributed by atoms with van der Waals surface area (Å²) in [6.07, 6.45) is 0. The lowest BCUT2D eigenvalue weighted by Gasteiger charge is -2.08. The molecular formula is C25H24N4O2. The summed E-state index contributed by atoms with van der Waals surface area (Å²) >= 11 is 0. The van der Waals surface area contributed by atoms with Crippen molar-refractivity contribution in [3.05, 3.63) is 89.2 Å². The van der Waals surface area contributed by atoms with Crippen LogP contribution in [0.15, 0.2) is 66.7 Å². The van der Waals surface area contributed by atoms with Crippen LogP contribution in [0, 0.1) is 20.8 Å². The Bertz CT molecular complexity index is 1240. The summed E-state index contributed by atoms with van der Waals surface area (Å²) in [5.41, 5.74) is 5.84. The highest BCUT2D eigenvalue weighted by molar-refractivity contribution is 6.02. The summed E-state index contributed by atoms with van der Waals surface area (Å²) in [7, 11) is 1.58. The maximum Gasteiger partial charge on any atom is 0.295 e. The molecule has 1 aromatic heterocycles. The number of methoxy groups -OCH3 is 1. The molecule has 0 radical (unpaired) electrons. The molecule has 3 aromatic carbocycles. The van der Waals surface area contributed by atoms with Gasteiger partial charge in [0.2, 0.25) is 5.82 Å². The molecule has 1 heterocycles. The Labute approximate surface area is 181 Å². The van der Waals surface area contributed by atoms with E-state index < -0.39 is 0 Å². The van der Waals surface area contributed by atoms with Crippen molar-refractivity contribution in [2.45, 2.75) is 20.8 Å². The predicted octanol–water partition coefficient (Wildman–Crippen LogP) is 5.12. The Hall–Kier alpha value is -3.93. The minimum atomic E-state index is -0.385. The van der Waals surface area contributed by atoms with Crippen LogP contribution >= 0.6 is 0 Å². The summed E-state index contributed by atoms with van der Waals surface area (Å²) in [6.45, 7) is 6.15. The van der Waals surface area contributed by atoms with Crippen LogP contribution in [0.25, 0.3) is 17.1 Å². The molecule has 0 unspecified atom stereocenters. The second-order valence-corrected chi connectivity index (χ2v) is 7.49. The number of ether oxygens (including phenoxy) is 1. The van der Waals surface area contributed by atoms with Crippen molar-refractivity contribution in [3.8, 4) is 22.8 Å². The van der Waals surface area contributed by atoms with Gasteiger partial charge in [0.05, 0.1) is 12.8 Å². The maximum absolute atomic E-state index is 12.9. The summed E-state index contributed by atoms with van der Waals surface area (Å²) < 4.78 is 6.94. The first-order chi connectivity index (χ1) is 14.9. The number of aromatic nitrogens is 3. The van der Waals surface area contributed by atoms with Crippen LogP contribution < -0.4 is 10.1 Å². The normalized spacial score (nSPS) is 10.7. The molecule has 4 aromatic rings. The first-order valence-corrected chi connectivity index (χ1v) is 10.0. The fourth-order valence-electron chi connectivity index (χ4n) is 3.22. The van der Waals surface area contributed by atoms with E-state index in [9.17, 15) is 4.79 Å². The minimum absolute atomic E-state index is 0.0941. The molecule has 4 rings (SSSR count). The fourth-order valence-corrected chi connectivity index (χ4v) is 3.22. The van der Waals surface area contributed by atoms with Gasteiger partial charge in [-0.1, -0.05) is 42.0 Å². The number of nitrogens with one attached hydrogen (secondary N) is 1. The van der Waals surface area contributed by atoms with Crippen molar-refractivity contribution < 1.29 is 9.53 Å². The van der Waals surface area contributed by atoms with E-state index in [1.807, 2.05) is 61.5 Å². The molecule has 0 fully saturated rings. The van der Waals surface area contributed by atoms with Gasteiger partial charge in [0.1, 0.15) is 5.75 Å². The predicted molar refractivity (Wildman–Crippen MR) is 122 cm³/mol. The molecule has 6 heteroatoms. The third-order valence-corrected chi connectivity index (χ3v) is 5.18. The average molecular weight is 412 g/mol. The van der Waals surface area contributed by atoms with Gasteiger partial charge < -0.3 is 10.1 Å². The van der Waals surface area contributed by atoms with Crippen molar-refractivity contribution >= 4 is 11.6 Å². The fraction of sp³-hybridized carbons (Fsp3) is 0.160. The summed E-state index contributed by atoms with van der Waals surface area (Å²) in [5, 5.41) is 7.40. The first-order valence-electron chi connectivity index (χ1n) is 10.0. The van der Waals surface area contributed by atoms with Crippen molar-refractivity contribution in [3.63, 3.8) is 0 Å². The Morgan fingerprint density at radius 2 is 1.71 bits per heavy atom. The van der Waals surface area contributed by atoms with Gasteiger partial charge in [-0.05, 0) is 56.2 Å². The largest absolute Gasteiger partial charge is 0.497 e. The topological polar surface area (TPSA) is 69.0 Å². The lowest BCUT2D eigenvalue weighted by Crippen LogP contribution is -2.14. The molecule has 0 aliphatic heterocycles. The van der Waals surface area contributed by atoms with E-state index in [0.717, 1.165) is 22.4 Å². The highest BCUT2D eigenvalue weighted by Crippen LogP contribution is 2.24. The molecule has 156 valence electrons. The number of nitrogens with zero attached hydrogens (tertiary/aromatic N) is 3. The highest BCUT2D eigenvalue weighted by atomic mass is 16.5. The molecular weight excluding hydrogens is 388 g/mol. The molecule has 0 bridgehead atoms. The molecule has 0 atom stereocenters. The Balaban J connectivity index is 1.75. The van der Waals surface area contributed by atoms with Gasteiger partial charge >= 0.3 is 0 Å².